The molecule has 0 spiro atoms. The minimum Gasteiger partial charge on any atom is -0.356 e. The second-order valence-corrected chi connectivity index (χ2v) is 6.71. The summed E-state index contributed by atoms with van der Waals surface area (Å²) >= 11 is 1.63. The molecule has 6 nitrogen and oxygen atoms in total. The maximum Gasteiger partial charge on any atom is 0.253 e. The minimum atomic E-state index is -0.0520. The molecule has 3 aromatic heterocycles. The van der Waals surface area contributed by atoms with Gasteiger partial charge in [0.05, 0.1) is 10.9 Å². The molecule has 4 rings (SSSR count). The fourth-order valence-electron chi connectivity index (χ4n) is 3.03. The van der Waals surface area contributed by atoms with Crippen molar-refractivity contribution in [2.24, 2.45) is 0 Å². The Kier molecular flexibility index (Phi) is 4.08. The van der Waals surface area contributed by atoms with Crippen LogP contribution in [0, 0.1) is 0 Å². The number of amides is 1. The van der Waals surface area contributed by atoms with Gasteiger partial charge in [0, 0.05) is 31.5 Å². The molecule has 0 saturated carbocycles. The van der Waals surface area contributed by atoms with Crippen molar-refractivity contribution in [2.45, 2.75) is 18.9 Å². The van der Waals surface area contributed by atoms with Crippen molar-refractivity contribution in [1.82, 2.24) is 20.3 Å². The van der Waals surface area contributed by atoms with E-state index < -0.39 is 0 Å². The number of fused-ring (bicyclic) bond motifs is 1. The van der Waals surface area contributed by atoms with Crippen LogP contribution < -0.4 is 10.2 Å². The van der Waals surface area contributed by atoms with E-state index in [1.165, 1.54) is 0 Å². The Labute approximate surface area is 143 Å². The second-order valence-electron chi connectivity index (χ2n) is 5.81. The lowest BCUT2D eigenvalue weighted by molar-refractivity contribution is 0.0930. The van der Waals surface area contributed by atoms with Crippen molar-refractivity contribution in [1.29, 1.82) is 0 Å². The van der Waals surface area contributed by atoms with E-state index in [0.717, 1.165) is 42.0 Å². The summed E-state index contributed by atoms with van der Waals surface area (Å²) in [5, 5.41) is 6.26. The third kappa shape index (κ3) is 2.94. The van der Waals surface area contributed by atoms with E-state index >= 15 is 0 Å². The molecule has 7 heteroatoms. The average Bonchev–Trinajstić information content (AvgIpc) is 3.12. The van der Waals surface area contributed by atoms with E-state index in [1.54, 1.807) is 42.2 Å². The van der Waals surface area contributed by atoms with Gasteiger partial charge in [-0.15, -0.1) is 11.3 Å². The van der Waals surface area contributed by atoms with E-state index in [1.807, 2.05) is 5.38 Å². The predicted octanol–water partition coefficient (Wildman–Crippen LogP) is 2.49. The molecule has 24 heavy (non-hydrogen) atoms. The van der Waals surface area contributed by atoms with Gasteiger partial charge in [-0.3, -0.25) is 9.78 Å². The maximum absolute atomic E-state index is 12.2. The van der Waals surface area contributed by atoms with Crippen molar-refractivity contribution in [2.75, 3.05) is 18.0 Å². The van der Waals surface area contributed by atoms with Crippen LogP contribution >= 0.6 is 11.3 Å². The largest absolute Gasteiger partial charge is 0.356 e. The number of anilines is 1. The Morgan fingerprint density at radius 3 is 2.92 bits per heavy atom. The van der Waals surface area contributed by atoms with Gasteiger partial charge in [0.1, 0.15) is 17.0 Å². The summed E-state index contributed by atoms with van der Waals surface area (Å²) in [6, 6.07) is 5.82. The van der Waals surface area contributed by atoms with Crippen molar-refractivity contribution in [3.63, 3.8) is 0 Å². The molecule has 1 aliphatic rings. The molecule has 1 aliphatic heterocycles. The molecule has 1 N–H and O–H groups in total. The molecule has 1 fully saturated rings. The molecule has 0 aliphatic carbocycles. The van der Waals surface area contributed by atoms with Crippen LogP contribution in [0.1, 0.15) is 23.2 Å². The van der Waals surface area contributed by atoms with Gasteiger partial charge < -0.3 is 10.2 Å². The van der Waals surface area contributed by atoms with Crippen LogP contribution in [0.4, 0.5) is 5.82 Å². The van der Waals surface area contributed by atoms with Gasteiger partial charge in [-0.1, -0.05) is 0 Å². The minimum absolute atomic E-state index is 0.0520. The third-order valence-electron chi connectivity index (χ3n) is 4.29. The van der Waals surface area contributed by atoms with Crippen LogP contribution in [0.3, 0.4) is 0 Å². The molecule has 0 atom stereocenters. The number of carbonyl (C=O) groups is 1. The molecule has 1 saturated heterocycles. The molecule has 0 aromatic carbocycles. The first kappa shape index (κ1) is 15.0. The molecule has 0 radical (unpaired) electrons. The number of carbonyl (C=O) groups excluding carboxylic acids is 1. The third-order valence-corrected chi connectivity index (χ3v) is 5.11. The second kappa shape index (κ2) is 6.52. The van der Waals surface area contributed by atoms with E-state index in [0.29, 0.717) is 5.56 Å². The zero-order valence-corrected chi connectivity index (χ0v) is 13.9. The van der Waals surface area contributed by atoms with E-state index in [9.17, 15) is 4.79 Å². The van der Waals surface area contributed by atoms with Gasteiger partial charge in [-0.2, -0.15) is 0 Å². The highest BCUT2D eigenvalue weighted by atomic mass is 32.1. The average molecular weight is 339 g/mol. The number of pyridine rings is 1. The number of thiophene rings is 1. The summed E-state index contributed by atoms with van der Waals surface area (Å²) in [5.74, 6) is 0.946. The normalized spacial score (nSPS) is 15.6. The standard InChI is InChI=1S/C17H17N5OS/c23-16(12-2-1-6-18-10-12)21-13-3-7-22(8-4-13)15-14-5-9-24-17(14)20-11-19-15/h1-2,5-6,9-11,13H,3-4,7-8H2,(H,21,23). The van der Waals surface area contributed by atoms with Crippen LogP contribution in [0.5, 0.6) is 0 Å². The van der Waals surface area contributed by atoms with Gasteiger partial charge in [0.25, 0.3) is 5.91 Å². The van der Waals surface area contributed by atoms with Crippen LogP contribution in [-0.2, 0) is 0 Å². The smallest absolute Gasteiger partial charge is 0.253 e. The van der Waals surface area contributed by atoms with Crippen molar-refractivity contribution in [3.05, 3.63) is 47.9 Å². The van der Waals surface area contributed by atoms with Crippen molar-refractivity contribution >= 4 is 33.3 Å². The number of piperidine rings is 1. The molecular weight excluding hydrogens is 322 g/mol. The summed E-state index contributed by atoms with van der Waals surface area (Å²) in [5.41, 5.74) is 0.607. The molecule has 4 heterocycles. The lowest BCUT2D eigenvalue weighted by Crippen LogP contribution is -2.45. The Balaban J connectivity index is 1.40. The molecular formula is C17H17N5OS. The van der Waals surface area contributed by atoms with E-state index in [2.05, 4.69) is 31.2 Å². The molecule has 122 valence electrons. The monoisotopic (exact) mass is 339 g/mol. The van der Waals surface area contributed by atoms with Gasteiger partial charge >= 0.3 is 0 Å². The first-order valence-corrected chi connectivity index (χ1v) is 8.83. The molecule has 0 bridgehead atoms. The lowest BCUT2D eigenvalue weighted by Gasteiger charge is -2.33. The highest BCUT2D eigenvalue weighted by molar-refractivity contribution is 7.16. The summed E-state index contributed by atoms with van der Waals surface area (Å²) in [4.78, 5) is 28.3. The summed E-state index contributed by atoms with van der Waals surface area (Å²) in [7, 11) is 0. The molecule has 3 aromatic rings. The Bertz CT molecular complexity index is 842. The van der Waals surface area contributed by atoms with E-state index in [-0.39, 0.29) is 11.9 Å². The number of nitrogens with one attached hydrogen (secondary N) is 1. The lowest BCUT2D eigenvalue weighted by atomic mass is 10.0. The maximum atomic E-state index is 12.2. The quantitative estimate of drug-likeness (QED) is 0.794. The van der Waals surface area contributed by atoms with E-state index in [4.69, 9.17) is 0 Å². The first-order chi connectivity index (χ1) is 11.8. The Morgan fingerprint density at radius 1 is 1.25 bits per heavy atom. The summed E-state index contributed by atoms with van der Waals surface area (Å²) < 4.78 is 0. The number of aromatic nitrogens is 3. The van der Waals surface area contributed by atoms with Crippen LogP contribution in [-0.4, -0.2) is 40.0 Å². The number of rotatable bonds is 3. The highest BCUT2D eigenvalue weighted by Crippen LogP contribution is 2.28. The Morgan fingerprint density at radius 2 is 2.12 bits per heavy atom. The highest BCUT2D eigenvalue weighted by Gasteiger charge is 2.23. The Hall–Kier alpha value is -2.54. The summed E-state index contributed by atoms with van der Waals surface area (Å²) in [6.45, 7) is 1.75. The molecule has 0 unspecified atom stereocenters. The van der Waals surface area contributed by atoms with Gasteiger partial charge in [0.15, 0.2) is 0 Å². The van der Waals surface area contributed by atoms with Gasteiger partial charge in [-0.05, 0) is 36.4 Å². The van der Waals surface area contributed by atoms with Crippen LogP contribution in [0.2, 0.25) is 0 Å². The van der Waals surface area contributed by atoms with Crippen LogP contribution in [0.25, 0.3) is 10.2 Å². The fraction of sp³-hybridized carbons (Fsp3) is 0.294. The van der Waals surface area contributed by atoms with Crippen LogP contribution in [0.15, 0.2) is 42.3 Å². The van der Waals surface area contributed by atoms with Crippen molar-refractivity contribution < 1.29 is 4.79 Å². The topological polar surface area (TPSA) is 71.0 Å². The SMILES string of the molecule is O=C(NC1CCN(c2ncnc3sccc23)CC1)c1cccnc1. The van der Waals surface area contributed by atoms with Crippen molar-refractivity contribution in [3.8, 4) is 0 Å². The zero-order valence-electron chi connectivity index (χ0n) is 13.1. The fourth-order valence-corrected chi connectivity index (χ4v) is 3.76. The first-order valence-electron chi connectivity index (χ1n) is 7.95. The number of hydrogen-bond donors (Lipinski definition) is 1. The zero-order chi connectivity index (χ0) is 16.4. The van der Waals surface area contributed by atoms with Gasteiger partial charge in [-0.25, -0.2) is 9.97 Å². The predicted molar refractivity (Wildman–Crippen MR) is 94.4 cm³/mol. The number of hydrogen-bond acceptors (Lipinski definition) is 6. The number of nitrogens with zero attached hydrogens (tertiary/aromatic N) is 4. The molecule has 1 amide bonds. The summed E-state index contributed by atoms with van der Waals surface area (Å²) in [6.07, 6.45) is 6.70. The van der Waals surface area contributed by atoms with Gasteiger partial charge in [0.2, 0.25) is 0 Å².